The summed E-state index contributed by atoms with van der Waals surface area (Å²) in [6, 6.07) is 11.6. The SMILES string of the molecule is CC[C@H]1CN(c2ccc(-c3ccc(S(C)=O)cc3)c(F)c2)C(=O)O1. The van der Waals surface area contributed by atoms with Crippen LogP contribution in [0.3, 0.4) is 0 Å². The van der Waals surface area contributed by atoms with E-state index in [0.717, 1.165) is 6.42 Å². The first-order chi connectivity index (χ1) is 11.5. The lowest BCUT2D eigenvalue weighted by Gasteiger charge is -2.14. The summed E-state index contributed by atoms with van der Waals surface area (Å²) in [5.41, 5.74) is 1.62. The van der Waals surface area contributed by atoms with Crippen LogP contribution >= 0.6 is 0 Å². The zero-order chi connectivity index (χ0) is 17.3. The minimum Gasteiger partial charge on any atom is -0.444 e. The largest absolute Gasteiger partial charge is 0.444 e. The molecule has 0 aliphatic carbocycles. The van der Waals surface area contributed by atoms with E-state index < -0.39 is 22.7 Å². The quantitative estimate of drug-likeness (QED) is 0.841. The van der Waals surface area contributed by atoms with Crippen molar-refractivity contribution in [3.63, 3.8) is 0 Å². The fourth-order valence-corrected chi connectivity index (χ4v) is 3.20. The van der Waals surface area contributed by atoms with Crippen LogP contribution < -0.4 is 4.90 Å². The second kappa shape index (κ2) is 6.73. The van der Waals surface area contributed by atoms with Crippen molar-refractivity contribution in [2.24, 2.45) is 0 Å². The molecule has 1 heterocycles. The number of anilines is 1. The van der Waals surface area contributed by atoms with Gasteiger partial charge in [0.15, 0.2) is 0 Å². The fourth-order valence-electron chi connectivity index (χ4n) is 2.68. The Kier molecular flexibility index (Phi) is 4.66. The molecule has 2 atom stereocenters. The molecule has 1 amide bonds. The van der Waals surface area contributed by atoms with Gasteiger partial charge in [-0.05, 0) is 42.3 Å². The molecular weight excluding hydrogens is 329 g/mol. The average Bonchev–Trinajstić information content (AvgIpc) is 2.96. The third-order valence-electron chi connectivity index (χ3n) is 4.09. The molecule has 2 aromatic carbocycles. The zero-order valence-electron chi connectivity index (χ0n) is 13.5. The molecule has 2 aromatic rings. The number of hydrogen-bond acceptors (Lipinski definition) is 3. The minimum atomic E-state index is -1.06. The van der Waals surface area contributed by atoms with E-state index >= 15 is 0 Å². The van der Waals surface area contributed by atoms with E-state index in [4.69, 9.17) is 4.74 Å². The van der Waals surface area contributed by atoms with Crippen LogP contribution in [0.25, 0.3) is 11.1 Å². The molecule has 1 aliphatic heterocycles. The van der Waals surface area contributed by atoms with E-state index in [1.54, 1.807) is 42.7 Å². The number of carbonyl (C=O) groups excluding carboxylic acids is 1. The van der Waals surface area contributed by atoms with E-state index in [9.17, 15) is 13.4 Å². The Morgan fingerprint density at radius 1 is 1.25 bits per heavy atom. The second-order valence-electron chi connectivity index (χ2n) is 5.67. The summed E-state index contributed by atoms with van der Waals surface area (Å²) in [4.78, 5) is 14.0. The van der Waals surface area contributed by atoms with Gasteiger partial charge in [-0.2, -0.15) is 0 Å². The third kappa shape index (κ3) is 3.19. The summed E-state index contributed by atoms with van der Waals surface area (Å²) in [7, 11) is -1.06. The van der Waals surface area contributed by atoms with Gasteiger partial charge in [0.2, 0.25) is 0 Å². The Hall–Kier alpha value is -2.21. The van der Waals surface area contributed by atoms with E-state index in [0.29, 0.717) is 28.3 Å². The smallest absolute Gasteiger partial charge is 0.414 e. The Morgan fingerprint density at radius 3 is 2.50 bits per heavy atom. The number of benzene rings is 2. The molecule has 3 rings (SSSR count). The number of rotatable bonds is 4. The number of amides is 1. The molecular formula is C18H18FNO3S. The fraction of sp³-hybridized carbons (Fsp3) is 0.278. The number of carbonyl (C=O) groups is 1. The molecule has 126 valence electrons. The van der Waals surface area contributed by atoms with E-state index in [-0.39, 0.29) is 6.10 Å². The van der Waals surface area contributed by atoms with Crippen LogP contribution in [0.5, 0.6) is 0 Å². The van der Waals surface area contributed by atoms with Gasteiger partial charge in [0.1, 0.15) is 11.9 Å². The first kappa shape index (κ1) is 16.6. The molecule has 0 spiro atoms. The molecule has 4 nitrogen and oxygen atoms in total. The number of cyclic esters (lactones) is 1. The van der Waals surface area contributed by atoms with Crippen LogP contribution in [0.2, 0.25) is 0 Å². The van der Waals surface area contributed by atoms with Gasteiger partial charge in [0.05, 0.1) is 12.2 Å². The monoisotopic (exact) mass is 347 g/mol. The van der Waals surface area contributed by atoms with Crippen molar-refractivity contribution in [3.8, 4) is 11.1 Å². The molecule has 0 N–H and O–H groups in total. The third-order valence-corrected chi connectivity index (χ3v) is 5.03. The van der Waals surface area contributed by atoms with Gasteiger partial charge in [-0.25, -0.2) is 9.18 Å². The van der Waals surface area contributed by atoms with Crippen LogP contribution in [0.15, 0.2) is 47.4 Å². The lowest BCUT2D eigenvalue weighted by molar-refractivity contribution is 0.139. The summed E-state index contributed by atoms with van der Waals surface area (Å²) in [6.45, 7) is 2.38. The van der Waals surface area contributed by atoms with Gasteiger partial charge in [0.25, 0.3) is 0 Å². The highest BCUT2D eigenvalue weighted by atomic mass is 32.2. The molecule has 0 bridgehead atoms. The number of hydrogen-bond donors (Lipinski definition) is 0. The molecule has 1 aliphatic rings. The number of nitrogens with zero attached hydrogens (tertiary/aromatic N) is 1. The summed E-state index contributed by atoms with van der Waals surface area (Å²) in [5, 5.41) is 0. The second-order valence-corrected chi connectivity index (χ2v) is 7.05. The van der Waals surface area contributed by atoms with E-state index in [1.165, 1.54) is 11.0 Å². The van der Waals surface area contributed by atoms with Crippen LogP contribution in [0.4, 0.5) is 14.9 Å². The molecule has 24 heavy (non-hydrogen) atoms. The first-order valence-corrected chi connectivity index (χ1v) is 9.27. The van der Waals surface area contributed by atoms with Gasteiger partial charge in [-0.15, -0.1) is 0 Å². The Bertz CT molecular complexity index is 791. The topological polar surface area (TPSA) is 46.6 Å². The van der Waals surface area contributed by atoms with Gasteiger partial charge in [-0.3, -0.25) is 9.11 Å². The molecule has 0 aromatic heterocycles. The van der Waals surface area contributed by atoms with Crippen molar-refractivity contribution in [1.82, 2.24) is 0 Å². The van der Waals surface area contributed by atoms with Crippen molar-refractivity contribution >= 4 is 22.6 Å². The van der Waals surface area contributed by atoms with Gasteiger partial charge in [0, 0.05) is 27.5 Å². The maximum Gasteiger partial charge on any atom is 0.414 e. The highest BCUT2D eigenvalue weighted by molar-refractivity contribution is 7.84. The summed E-state index contributed by atoms with van der Waals surface area (Å²) < 4.78 is 31.1. The van der Waals surface area contributed by atoms with Gasteiger partial charge in [-0.1, -0.05) is 19.1 Å². The lowest BCUT2D eigenvalue weighted by Crippen LogP contribution is -2.24. The molecule has 6 heteroatoms. The van der Waals surface area contributed by atoms with Gasteiger partial charge < -0.3 is 4.74 Å². The number of ether oxygens (including phenoxy) is 1. The molecule has 1 saturated heterocycles. The highest BCUT2D eigenvalue weighted by Gasteiger charge is 2.31. The Labute approximate surface area is 142 Å². The summed E-state index contributed by atoms with van der Waals surface area (Å²) >= 11 is 0. The predicted octanol–water partition coefficient (Wildman–Crippen LogP) is 3.97. The van der Waals surface area contributed by atoms with Crippen LogP contribution in [-0.2, 0) is 15.5 Å². The van der Waals surface area contributed by atoms with Gasteiger partial charge >= 0.3 is 6.09 Å². The van der Waals surface area contributed by atoms with E-state index in [2.05, 4.69) is 0 Å². The highest BCUT2D eigenvalue weighted by Crippen LogP contribution is 2.29. The van der Waals surface area contributed by atoms with Crippen LogP contribution in [-0.4, -0.2) is 29.2 Å². The first-order valence-electron chi connectivity index (χ1n) is 7.71. The maximum absolute atomic E-state index is 14.5. The standard InChI is InChI=1S/C18H18FNO3S/c1-3-14-11-20(18(21)23-14)13-6-9-16(17(19)10-13)12-4-7-15(8-5-12)24(2)22/h4-10,14H,3,11H2,1-2H3/t14-,24?/m0/s1. The summed E-state index contributed by atoms with van der Waals surface area (Å²) in [5.74, 6) is -0.411. The van der Waals surface area contributed by atoms with Crippen molar-refractivity contribution in [2.45, 2.75) is 24.3 Å². The predicted molar refractivity (Wildman–Crippen MR) is 92.1 cm³/mol. The van der Waals surface area contributed by atoms with Crippen molar-refractivity contribution < 1.29 is 18.1 Å². The van der Waals surface area contributed by atoms with Crippen LogP contribution in [0, 0.1) is 5.82 Å². The average molecular weight is 347 g/mol. The zero-order valence-corrected chi connectivity index (χ0v) is 14.3. The lowest BCUT2D eigenvalue weighted by atomic mass is 10.0. The Morgan fingerprint density at radius 2 is 1.96 bits per heavy atom. The van der Waals surface area contributed by atoms with Crippen molar-refractivity contribution in [2.75, 3.05) is 17.7 Å². The van der Waals surface area contributed by atoms with Crippen molar-refractivity contribution in [1.29, 1.82) is 0 Å². The van der Waals surface area contributed by atoms with Crippen LogP contribution in [0.1, 0.15) is 13.3 Å². The van der Waals surface area contributed by atoms with Crippen molar-refractivity contribution in [3.05, 3.63) is 48.3 Å². The summed E-state index contributed by atoms with van der Waals surface area (Å²) in [6.07, 6.45) is 1.74. The molecule has 0 radical (unpaired) electrons. The van der Waals surface area contributed by atoms with E-state index in [1.807, 2.05) is 6.92 Å². The Balaban J connectivity index is 1.87. The maximum atomic E-state index is 14.5. The normalized spacial score (nSPS) is 18.5. The molecule has 1 fully saturated rings. The minimum absolute atomic E-state index is 0.150. The molecule has 1 unspecified atom stereocenters. The number of halogens is 1. The molecule has 0 saturated carbocycles.